The highest BCUT2D eigenvalue weighted by molar-refractivity contribution is 6.05. The van der Waals surface area contributed by atoms with Crippen LogP contribution in [0.4, 0.5) is 0 Å². The van der Waals surface area contributed by atoms with Gasteiger partial charge >= 0.3 is 0 Å². The summed E-state index contributed by atoms with van der Waals surface area (Å²) in [5.74, 6) is 1.06. The van der Waals surface area contributed by atoms with E-state index in [2.05, 4.69) is 62.5 Å². The highest BCUT2D eigenvalue weighted by Gasteiger charge is 2.17. The molecule has 3 rings (SSSR count). The van der Waals surface area contributed by atoms with E-state index in [4.69, 9.17) is 4.42 Å². The molecule has 0 saturated carbocycles. The molecular formula is C18H21NO. The lowest BCUT2D eigenvalue weighted by molar-refractivity contribution is 0.450. The topological polar surface area (TPSA) is 25.2 Å². The number of hydrogen-bond donors (Lipinski definition) is 1. The van der Waals surface area contributed by atoms with Crippen molar-refractivity contribution in [2.45, 2.75) is 33.2 Å². The molecule has 20 heavy (non-hydrogen) atoms. The molecule has 2 heteroatoms. The first kappa shape index (κ1) is 13.2. The van der Waals surface area contributed by atoms with Gasteiger partial charge in [0.2, 0.25) is 0 Å². The molecule has 1 atom stereocenters. The number of benzene rings is 2. The molecule has 0 aliphatic rings. The van der Waals surface area contributed by atoms with E-state index < -0.39 is 0 Å². The summed E-state index contributed by atoms with van der Waals surface area (Å²) in [6, 6.07) is 13.0. The molecule has 0 amide bonds. The zero-order valence-corrected chi connectivity index (χ0v) is 12.4. The molecule has 1 N–H and O–H groups in total. The van der Waals surface area contributed by atoms with Crippen LogP contribution in [0.25, 0.3) is 21.7 Å². The minimum atomic E-state index is 0.251. The van der Waals surface area contributed by atoms with Crippen LogP contribution >= 0.6 is 0 Å². The summed E-state index contributed by atoms with van der Waals surface area (Å²) in [6.07, 6.45) is 1.13. The summed E-state index contributed by atoms with van der Waals surface area (Å²) >= 11 is 0. The van der Waals surface area contributed by atoms with Crippen LogP contribution in [-0.4, -0.2) is 6.54 Å². The van der Waals surface area contributed by atoms with Crippen molar-refractivity contribution >= 4 is 21.7 Å². The van der Waals surface area contributed by atoms with Gasteiger partial charge < -0.3 is 9.73 Å². The predicted octanol–water partition coefficient (Wildman–Crippen LogP) is 4.96. The maximum absolute atomic E-state index is 6.21. The molecule has 2 nitrogen and oxygen atoms in total. The van der Waals surface area contributed by atoms with Gasteiger partial charge in [-0.3, -0.25) is 0 Å². The molecule has 0 bridgehead atoms. The number of aryl methyl sites for hydroxylation is 1. The Morgan fingerprint density at radius 3 is 2.70 bits per heavy atom. The van der Waals surface area contributed by atoms with E-state index in [9.17, 15) is 0 Å². The van der Waals surface area contributed by atoms with E-state index in [1.165, 1.54) is 21.7 Å². The van der Waals surface area contributed by atoms with Gasteiger partial charge in [-0.15, -0.1) is 0 Å². The molecule has 0 fully saturated rings. The Bertz CT molecular complexity index is 742. The number of nitrogens with one attached hydrogen (secondary N) is 1. The lowest BCUT2D eigenvalue weighted by Crippen LogP contribution is -2.19. The highest BCUT2D eigenvalue weighted by atomic mass is 16.3. The minimum Gasteiger partial charge on any atom is -0.458 e. The fourth-order valence-corrected chi connectivity index (χ4v) is 2.83. The van der Waals surface area contributed by atoms with Crippen molar-refractivity contribution in [3.8, 4) is 0 Å². The molecule has 0 saturated heterocycles. The second kappa shape index (κ2) is 5.29. The van der Waals surface area contributed by atoms with Crippen LogP contribution in [0, 0.1) is 6.92 Å². The van der Waals surface area contributed by atoms with Gasteiger partial charge in [0.05, 0.1) is 6.04 Å². The molecule has 104 valence electrons. The average Bonchev–Trinajstić information content (AvgIpc) is 2.82. The Balaban J connectivity index is 2.16. The van der Waals surface area contributed by atoms with E-state index in [-0.39, 0.29) is 6.04 Å². The van der Waals surface area contributed by atoms with Crippen molar-refractivity contribution in [2.75, 3.05) is 6.54 Å². The molecule has 2 aromatic carbocycles. The van der Waals surface area contributed by atoms with E-state index in [0.717, 1.165) is 24.3 Å². The molecule has 0 aliphatic heterocycles. The summed E-state index contributed by atoms with van der Waals surface area (Å²) in [4.78, 5) is 0. The summed E-state index contributed by atoms with van der Waals surface area (Å²) < 4.78 is 6.21. The molecule has 0 aliphatic carbocycles. The van der Waals surface area contributed by atoms with Crippen LogP contribution in [0.2, 0.25) is 0 Å². The molecule has 1 aromatic heterocycles. The van der Waals surface area contributed by atoms with E-state index in [1.54, 1.807) is 0 Å². The van der Waals surface area contributed by atoms with Crippen LogP contribution < -0.4 is 5.32 Å². The average molecular weight is 267 g/mol. The van der Waals surface area contributed by atoms with Gasteiger partial charge in [-0.25, -0.2) is 0 Å². The maximum Gasteiger partial charge on any atom is 0.142 e. The summed E-state index contributed by atoms with van der Waals surface area (Å²) in [5, 5.41) is 7.16. The fourth-order valence-electron chi connectivity index (χ4n) is 2.83. The maximum atomic E-state index is 6.21. The molecule has 0 radical (unpaired) electrons. The van der Waals surface area contributed by atoms with Crippen molar-refractivity contribution in [1.29, 1.82) is 0 Å². The minimum absolute atomic E-state index is 0.251. The second-order valence-electron chi connectivity index (χ2n) is 5.43. The van der Waals surface area contributed by atoms with Gasteiger partial charge in [-0.05, 0) is 37.8 Å². The van der Waals surface area contributed by atoms with Crippen LogP contribution in [0.1, 0.15) is 37.6 Å². The van der Waals surface area contributed by atoms with Crippen LogP contribution in [0.5, 0.6) is 0 Å². The van der Waals surface area contributed by atoms with E-state index >= 15 is 0 Å². The Hall–Kier alpha value is -1.80. The quantitative estimate of drug-likeness (QED) is 0.723. The monoisotopic (exact) mass is 267 g/mol. The standard InChI is InChI=1S/C18H21NO/c1-4-11-19-13(3)17-12(2)15-10-9-14-7-5-6-8-16(14)18(15)20-17/h5-10,13,19H,4,11H2,1-3H3. The second-order valence-corrected chi connectivity index (χ2v) is 5.43. The van der Waals surface area contributed by atoms with E-state index in [1.807, 2.05) is 0 Å². The van der Waals surface area contributed by atoms with Gasteiger partial charge in [0, 0.05) is 10.8 Å². The zero-order chi connectivity index (χ0) is 14.1. The largest absolute Gasteiger partial charge is 0.458 e. The van der Waals surface area contributed by atoms with Crippen molar-refractivity contribution in [1.82, 2.24) is 5.32 Å². The first-order chi connectivity index (χ1) is 9.72. The van der Waals surface area contributed by atoms with Gasteiger partial charge in [-0.2, -0.15) is 0 Å². The summed E-state index contributed by atoms with van der Waals surface area (Å²) in [5.41, 5.74) is 2.27. The third-order valence-corrected chi connectivity index (χ3v) is 3.96. The van der Waals surface area contributed by atoms with Gasteiger partial charge in [-0.1, -0.05) is 43.3 Å². The van der Waals surface area contributed by atoms with Crippen molar-refractivity contribution in [3.63, 3.8) is 0 Å². The number of hydrogen-bond acceptors (Lipinski definition) is 2. The van der Waals surface area contributed by atoms with Gasteiger partial charge in [0.1, 0.15) is 11.3 Å². The van der Waals surface area contributed by atoms with Crippen molar-refractivity contribution < 1.29 is 4.42 Å². The normalized spacial score (nSPS) is 13.2. The molecule has 1 heterocycles. The predicted molar refractivity (Wildman–Crippen MR) is 85.2 cm³/mol. The SMILES string of the molecule is CCCNC(C)c1oc2c(ccc3ccccc32)c1C. The Morgan fingerprint density at radius 1 is 1.10 bits per heavy atom. The van der Waals surface area contributed by atoms with Crippen LogP contribution in [0.3, 0.4) is 0 Å². The molecular weight excluding hydrogens is 246 g/mol. The Morgan fingerprint density at radius 2 is 1.90 bits per heavy atom. The van der Waals surface area contributed by atoms with E-state index in [0.29, 0.717) is 0 Å². The highest BCUT2D eigenvalue weighted by Crippen LogP contribution is 2.34. The zero-order valence-electron chi connectivity index (χ0n) is 12.4. The lowest BCUT2D eigenvalue weighted by atomic mass is 10.0. The number of rotatable bonds is 4. The fraction of sp³-hybridized carbons (Fsp3) is 0.333. The first-order valence-electron chi connectivity index (χ1n) is 7.36. The Kier molecular flexibility index (Phi) is 3.49. The van der Waals surface area contributed by atoms with Gasteiger partial charge in [0.15, 0.2) is 0 Å². The third kappa shape index (κ3) is 2.10. The first-order valence-corrected chi connectivity index (χ1v) is 7.36. The molecule has 3 aromatic rings. The number of furan rings is 1. The molecule has 0 spiro atoms. The lowest BCUT2D eigenvalue weighted by Gasteiger charge is -2.11. The number of fused-ring (bicyclic) bond motifs is 3. The van der Waals surface area contributed by atoms with Crippen molar-refractivity contribution in [2.24, 2.45) is 0 Å². The van der Waals surface area contributed by atoms with Crippen LogP contribution in [-0.2, 0) is 0 Å². The summed E-state index contributed by atoms with van der Waals surface area (Å²) in [7, 11) is 0. The smallest absolute Gasteiger partial charge is 0.142 e. The summed E-state index contributed by atoms with van der Waals surface area (Å²) in [6.45, 7) is 7.51. The van der Waals surface area contributed by atoms with Crippen molar-refractivity contribution in [3.05, 3.63) is 47.7 Å². The Labute approximate surface area is 119 Å². The van der Waals surface area contributed by atoms with Gasteiger partial charge in [0.25, 0.3) is 0 Å². The third-order valence-electron chi connectivity index (χ3n) is 3.96. The molecule has 1 unspecified atom stereocenters. The van der Waals surface area contributed by atoms with Crippen LogP contribution in [0.15, 0.2) is 40.8 Å².